The first-order valence-corrected chi connectivity index (χ1v) is 11.1. The Balaban J connectivity index is 2.23. The number of aliphatic hydroxyl groups excluding tert-OH is 1. The van der Waals surface area contributed by atoms with E-state index in [0.717, 1.165) is 24.1 Å². The van der Waals surface area contributed by atoms with Crippen LogP contribution < -0.4 is 9.64 Å². The minimum absolute atomic E-state index is 0.0136. The van der Waals surface area contributed by atoms with E-state index in [2.05, 4.69) is 0 Å². The number of ketones is 1. The molecule has 2 aromatic carbocycles. The zero-order valence-electron chi connectivity index (χ0n) is 18.5. The van der Waals surface area contributed by atoms with Gasteiger partial charge in [0, 0.05) is 31.4 Å². The third-order valence-corrected chi connectivity index (χ3v) is 5.98. The first kappa shape index (κ1) is 24.0. The largest absolute Gasteiger partial charge is 0.507 e. The number of unbranched alkanes of at least 4 members (excludes halogenated alkanes) is 1. The van der Waals surface area contributed by atoms with Gasteiger partial charge < -0.3 is 19.6 Å². The van der Waals surface area contributed by atoms with Crippen LogP contribution >= 0.6 is 23.2 Å². The molecule has 0 radical (unpaired) electrons. The number of nitrogens with zero attached hydrogens (tertiary/aromatic N) is 2. The summed E-state index contributed by atoms with van der Waals surface area (Å²) in [5, 5.41) is 11.7. The van der Waals surface area contributed by atoms with Crippen molar-refractivity contribution in [2.24, 2.45) is 0 Å². The molecule has 0 saturated carbocycles. The van der Waals surface area contributed by atoms with Crippen molar-refractivity contribution in [3.8, 4) is 5.75 Å². The Bertz CT molecular complexity index is 1060. The molecule has 0 spiro atoms. The zero-order valence-corrected chi connectivity index (χ0v) is 20.0. The summed E-state index contributed by atoms with van der Waals surface area (Å²) < 4.78 is 5.35. The van der Waals surface area contributed by atoms with Crippen LogP contribution in [0, 0.1) is 0 Å². The van der Waals surface area contributed by atoms with E-state index < -0.39 is 17.7 Å². The maximum absolute atomic E-state index is 13.1. The number of likely N-dealkylation sites (tertiary alicyclic amines) is 1. The number of ether oxygens (including phenoxy) is 1. The maximum Gasteiger partial charge on any atom is 0.295 e. The minimum atomic E-state index is -0.751. The van der Waals surface area contributed by atoms with Crippen LogP contribution in [0.5, 0.6) is 5.75 Å². The number of amides is 1. The predicted molar refractivity (Wildman–Crippen MR) is 128 cm³/mol. The Morgan fingerprint density at radius 3 is 2.38 bits per heavy atom. The van der Waals surface area contributed by atoms with Gasteiger partial charge >= 0.3 is 0 Å². The number of methoxy groups -OCH3 is 1. The minimum Gasteiger partial charge on any atom is -0.507 e. The summed E-state index contributed by atoms with van der Waals surface area (Å²) in [6, 6.07) is 9.75. The van der Waals surface area contributed by atoms with Gasteiger partial charge in [0.2, 0.25) is 0 Å². The number of carbonyl (C=O) groups is 2. The molecule has 170 valence electrons. The Hall–Kier alpha value is -2.70. The highest BCUT2D eigenvalue weighted by molar-refractivity contribution is 6.46. The van der Waals surface area contributed by atoms with E-state index in [9.17, 15) is 14.7 Å². The predicted octanol–water partition coefficient (Wildman–Crippen LogP) is 5.29. The molecule has 1 amide bonds. The molecule has 1 saturated heterocycles. The molecule has 1 N–H and O–H groups in total. The zero-order chi connectivity index (χ0) is 23.6. The molecule has 32 heavy (non-hydrogen) atoms. The molecule has 0 bridgehead atoms. The summed E-state index contributed by atoms with van der Waals surface area (Å²) in [6.07, 6.45) is 1.58. The molecule has 1 aliphatic heterocycles. The molecular formula is C24H26Cl2N2O4. The Labute approximate surface area is 198 Å². The average Bonchev–Trinajstić information content (AvgIpc) is 3.01. The average molecular weight is 477 g/mol. The molecule has 1 fully saturated rings. The highest BCUT2D eigenvalue weighted by Gasteiger charge is 2.46. The molecule has 0 aromatic heterocycles. The molecule has 3 rings (SSSR count). The van der Waals surface area contributed by atoms with Crippen LogP contribution in [0.2, 0.25) is 10.0 Å². The molecule has 1 atom stereocenters. The number of benzene rings is 2. The summed E-state index contributed by atoms with van der Waals surface area (Å²) in [4.78, 5) is 29.5. The smallest absolute Gasteiger partial charge is 0.295 e. The molecule has 2 aromatic rings. The van der Waals surface area contributed by atoms with Crippen molar-refractivity contribution < 1.29 is 19.4 Å². The molecule has 0 aliphatic carbocycles. The maximum atomic E-state index is 13.1. The summed E-state index contributed by atoms with van der Waals surface area (Å²) in [7, 11) is 5.26. The Kier molecular flexibility index (Phi) is 7.36. The number of aliphatic hydroxyl groups is 1. The van der Waals surface area contributed by atoms with E-state index >= 15 is 0 Å². The van der Waals surface area contributed by atoms with Crippen molar-refractivity contribution in [2.45, 2.75) is 25.8 Å². The van der Waals surface area contributed by atoms with Gasteiger partial charge in [-0.25, -0.2) is 0 Å². The van der Waals surface area contributed by atoms with Gasteiger partial charge in [-0.15, -0.1) is 0 Å². The molecular weight excluding hydrogens is 451 g/mol. The third kappa shape index (κ3) is 4.43. The number of carbonyl (C=O) groups excluding carboxylic acids is 2. The number of anilines is 1. The second kappa shape index (κ2) is 9.84. The van der Waals surface area contributed by atoms with Gasteiger partial charge in [-0.2, -0.15) is 0 Å². The highest BCUT2D eigenvalue weighted by Crippen LogP contribution is 2.43. The summed E-state index contributed by atoms with van der Waals surface area (Å²) >= 11 is 12.4. The first-order valence-electron chi connectivity index (χ1n) is 10.3. The number of rotatable bonds is 7. The van der Waals surface area contributed by atoms with E-state index in [1.807, 2.05) is 50.2 Å². The van der Waals surface area contributed by atoms with Crippen LogP contribution in [0.4, 0.5) is 5.69 Å². The lowest BCUT2D eigenvalue weighted by molar-refractivity contribution is -0.139. The van der Waals surface area contributed by atoms with Gasteiger partial charge in [0.15, 0.2) is 0 Å². The summed E-state index contributed by atoms with van der Waals surface area (Å²) in [5.74, 6) is -1.59. The Morgan fingerprint density at radius 2 is 1.81 bits per heavy atom. The van der Waals surface area contributed by atoms with Crippen LogP contribution in [-0.2, 0) is 9.59 Å². The van der Waals surface area contributed by atoms with E-state index in [0.29, 0.717) is 6.54 Å². The van der Waals surface area contributed by atoms with Crippen molar-refractivity contribution >= 4 is 46.3 Å². The van der Waals surface area contributed by atoms with Crippen molar-refractivity contribution in [3.05, 3.63) is 63.1 Å². The van der Waals surface area contributed by atoms with Crippen molar-refractivity contribution in [2.75, 3.05) is 32.6 Å². The lowest BCUT2D eigenvalue weighted by Crippen LogP contribution is -2.30. The lowest BCUT2D eigenvalue weighted by Gasteiger charge is -2.26. The van der Waals surface area contributed by atoms with Gasteiger partial charge in [0.1, 0.15) is 11.5 Å². The number of halogens is 2. The molecule has 8 heteroatoms. The van der Waals surface area contributed by atoms with Gasteiger partial charge in [0.05, 0.1) is 29.3 Å². The fourth-order valence-electron chi connectivity index (χ4n) is 3.83. The van der Waals surface area contributed by atoms with E-state index in [1.54, 1.807) is 0 Å². The fourth-order valence-corrected chi connectivity index (χ4v) is 4.40. The summed E-state index contributed by atoms with van der Waals surface area (Å²) in [5.41, 5.74) is 1.84. The van der Waals surface area contributed by atoms with Gasteiger partial charge in [-0.3, -0.25) is 9.59 Å². The van der Waals surface area contributed by atoms with E-state index in [1.165, 1.54) is 24.1 Å². The first-order chi connectivity index (χ1) is 15.2. The second-order valence-corrected chi connectivity index (χ2v) is 8.64. The molecule has 1 heterocycles. The van der Waals surface area contributed by atoms with Crippen molar-refractivity contribution in [1.29, 1.82) is 0 Å². The quantitative estimate of drug-likeness (QED) is 0.334. The van der Waals surface area contributed by atoms with Crippen LogP contribution in [0.1, 0.15) is 36.9 Å². The number of hydrogen-bond donors (Lipinski definition) is 1. The highest BCUT2D eigenvalue weighted by atomic mass is 35.5. The lowest BCUT2D eigenvalue weighted by atomic mass is 9.94. The monoisotopic (exact) mass is 476 g/mol. The van der Waals surface area contributed by atoms with Crippen LogP contribution in [0.25, 0.3) is 5.76 Å². The van der Waals surface area contributed by atoms with Gasteiger partial charge in [0.25, 0.3) is 11.7 Å². The van der Waals surface area contributed by atoms with Gasteiger partial charge in [-0.1, -0.05) is 48.7 Å². The van der Waals surface area contributed by atoms with Crippen molar-refractivity contribution in [1.82, 2.24) is 4.90 Å². The van der Waals surface area contributed by atoms with Crippen molar-refractivity contribution in [3.63, 3.8) is 0 Å². The second-order valence-electron chi connectivity index (χ2n) is 7.80. The van der Waals surface area contributed by atoms with Crippen LogP contribution in [0.3, 0.4) is 0 Å². The topological polar surface area (TPSA) is 70.1 Å². The molecule has 6 nitrogen and oxygen atoms in total. The normalized spacial score (nSPS) is 17.7. The number of Topliss-reactive ketones (excluding diaryl/α,β-unsaturated/α-hetero) is 1. The van der Waals surface area contributed by atoms with E-state index in [-0.39, 0.29) is 32.7 Å². The SMILES string of the molecule is CCCCN1C(=O)C(=O)/C(=C(/O)c2cc(Cl)cc(Cl)c2OC)C1c1ccc(N(C)C)cc1. The fraction of sp³-hybridized carbons (Fsp3) is 0.333. The Morgan fingerprint density at radius 1 is 1.16 bits per heavy atom. The molecule has 1 aliphatic rings. The van der Waals surface area contributed by atoms with Crippen LogP contribution in [-0.4, -0.2) is 49.4 Å². The standard InChI is InChI=1S/C24H26Cl2N2O4/c1-5-6-11-28-20(14-7-9-16(10-8-14)27(2)3)19(22(30)24(28)31)21(29)17-12-15(25)13-18(26)23(17)32-4/h7-10,12-13,20,29H,5-6,11H2,1-4H3/b21-19+. The molecule has 1 unspecified atom stereocenters. The van der Waals surface area contributed by atoms with E-state index in [4.69, 9.17) is 27.9 Å². The summed E-state index contributed by atoms with van der Waals surface area (Å²) in [6.45, 7) is 2.40. The van der Waals surface area contributed by atoms with Crippen LogP contribution in [0.15, 0.2) is 42.0 Å². The number of hydrogen-bond acceptors (Lipinski definition) is 5. The third-order valence-electron chi connectivity index (χ3n) is 5.49. The van der Waals surface area contributed by atoms with Gasteiger partial charge in [-0.05, 0) is 36.2 Å².